The quantitative estimate of drug-likeness (QED) is 0.752. The fraction of sp³-hybridized carbons (Fsp3) is 0.650. The average molecular weight is 391 g/mol. The molecule has 4 atom stereocenters. The molecule has 1 aromatic carbocycles. The van der Waals surface area contributed by atoms with E-state index in [1.165, 1.54) is 57.1 Å². The van der Waals surface area contributed by atoms with E-state index >= 15 is 0 Å². The van der Waals surface area contributed by atoms with Crippen LogP contribution in [0.5, 0.6) is 0 Å². The zero-order valence-electron chi connectivity index (χ0n) is 15.4. The summed E-state index contributed by atoms with van der Waals surface area (Å²) in [5.74, 6) is 4.41. The molecule has 6 heteroatoms. The lowest BCUT2D eigenvalue weighted by molar-refractivity contribution is -0.00936. The predicted octanol–water partition coefficient (Wildman–Crippen LogP) is 2.73. The number of fused-ring (bicyclic) bond motifs is 3. The van der Waals surface area contributed by atoms with Crippen molar-refractivity contribution in [3.8, 4) is 0 Å². The van der Waals surface area contributed by atoms with Crippen LogP contribution in [0.4, 0.5) is 5.69 Å². The van der Waals surface area contributed by atoms with Crippen molar-refractivity contribution in [1.29, 1.82) is 0 Å². The lowest BCUT2D eigenvalue weighted by atomic mass is 9.75. The molecule has 4 nitrogen and oxygen atoms in total. The number of thiocarbonyl (C=S) groups is 1. The molecule has 4 saturated heterocycles. The highest BCUT2D eigenvalue weighted by Crippen LogP contribution is 2.36. The minimum Gasteiger partial charge on any atom is -0.361 e. The van der Waals surface area contributed by atoms with Crippen LogP contribution in [-0.2, 0) is 0 Å². The first kappa shape index (κ1) is 18.5. The Hall–Kier alpha value is -0.820. The van der Waals surface area contributed by atoms with Gasteiger partial charge in [0.05, 0.1) is 0 Å². The largest absolute Gasteiger partial charge is 0.361 e. The Labute approximate surface area is 167 Å². The molecule has 0 aliphatic carbocycles. The Bertz CT molecular complexity index is 591. The molecular formula is C20H30N4S2. The van der Waals surface area contributed by atoms with E-state index in [0.29, 0.717) is 6.04 Å². The number of hydrogen-bond acceptors (Lipinski definition) is 4. The van der Waals surface area contributed by atoms with Crippen molar-refractivity contribution in [3.05, 3.63) is 30.3 Å². The zero-order valence-corrected chi connectivity index (χ0v) is 17.0. The third-order valence-electron chi connectivity index (χ3n) is 6.14. The van der Waals surface area contributed by atoms with Gasteiger partial charge in [0.2, 0.25) is 0 Å². The number of hydrogen-bond donors (Lipinski definition) is 2. The molecule has 4 aliphatic heterocycles. The van der Waals surface area contributed by atoms with Gasteiger partial charge in [0.1, 0.15) is 0 Å². The van der Waals surface area contributed by atoms with Gasteiger partial charge in [-0.05, 0) is 55.6 Å². The summed E-state index contributed by atoms with van der Waals surface area (Å²) in [6.07, 6.45) is 2.71. The number of nitrogens with one attached hydrogen (secondary N) is 2. The minimum atomic E-state index is 0.637. The zero-order chi connectivity index (χ0) is 17.8. The number of benzene rings is 1. The van der Waals surface area contributed by atoms with Gasteiger partial charge < -0.3 is 15.5 Å². The molecule has 4 aliphatic rings. The second-order valence-electron chi connectivity index (χ2n) is 7.81. The topological polar surface area (TPSA) is 30.5 Å². The monoisotopic (exact) mass is 390 g/mol. The maximum Gasteiger partial charge on any atom is 0.170 e. The number of nitrogens with zero attached hydrogens (tertiary/aromatic N) is 2. The standard InChI is InChI=1S/C20H30N4S2/c25-20(22-18-4-2-1-3-5-18)21-13-19-12-16-6-7-24(19)15-17(16)14-23-8-10-26-11-9-23/h1-5,16-17,19H,6-15H2,(H2,21,22,25)/t16-,17-,19+/m0/s1. The van der Waals surface area contributed by atoms with E-state index in [4.69, 9.17) is 12.2 Å². The Balaban J connectivity index is 1.23. The van der Waals surface area contributed by atoms with Crippen LogP contribution < -0.4 is 10.6 Å². The van der Waals surface area contributed by atoms with Gasteiger partial charge in [0.15, 0.2) is 5.11 Å². The molecule has 26 heavy (non-hydrogen) atoms. The molecule has 2 bridgehead atoms. The van der Waals surface area contributed by atoms with E-state index in [0.717, 1.165) is 29.2 Å². The minimum absolute atomic E-state index is 0.637. The third-order valence-corrected chi connectivity index (χ3v) is 7.33. The van der Waals surface area contributed by atoms with E-state index in [9.17, 15) is 0 Å². The normalized spacial score (nSPS) is 31.5. The van der Waals surface area contributed by atoms with Gasteiger partial charge in [0.25, 0.3) is 0 Å². The molecule has 0 spiro atoms. The van der Waals surface area contributed by atoms with Crippen molar-refractivity contribution in [3.63, 3.8) is 0 Å². The molecular weight excluding hydrogens is 360 g/mol. The van der Waals surface area contributed by atoms with Crippen LogP contribution in [0, 0.1) is 11.8 Å². The third kappa shape index (κ3) is 4.71. The van der Waals surface area contributed by atoms with Crippen LogP contribution in [0.1, 0.15) is 12.8 Å². The number of piperidine rings is 3. The highest BCUT2D eigenvalue weighted by molar-refractivity contribution is 7.99. The van der Waals surface area contributed by atoms with Gasteiger partial charge in [-0.3, -0.25) is 4.90 Å². The molecule has 0 amide bonds. The summed E-state index contributed by atoms with van der Waals surface area (Å²) in [6, 6.07) is 10.8. The SMILES string of the molecule is S=C(NC[C@H]1C[C@@H]2CCN1C[C@@H]2CN1CCSCC1)Nc1ccccc1. The summed E-state index contributed by atoms with van der Waals surface area (Å²) in [7, 11) is 0. The first-order valence-electron chi connectivity index (χ1n) is 9.92. The van der Waals surface area contributed by atoms with Gasteiger partial charge in [-0.1, -0.05) is 18.2 Å². The Morgan fingerprint density at radius 1 is 1.15 bits per heavy atom. The van der Waals surface area contributed by atoms with Crippen LogP contribution >= 0.6 is 24.0 Å². The van der Waals surface area contributed by atoms with Crippen molar-refractivity contribution in [2.45, 2.75) is 18.9 Å². The van der Waals surface area contributed by atoms with Gasteiger partial charge in [0, 0.05) is 56.0 Å². The van der Waals surface area contributed by atoms with E-state index in [2.05, 4.69) is 32.2 Å². The summed E-state index contributed by atoms with van der Waals surface area (Å²) < 4.78 is 0. The second-order valence-corrected chi connectivity index (χ2v) is 9.44. The van der Waals surface area contributed by atoms with Crippen molar-refractivity contribution in [1.82, 2.24) is 15.1 Å². The number of rotatable bonds is 5. The van der Waals surface area contributed by atoms with Crippen molar-refractivity contribution >= 4 is 34.8 Å². The number of anilines is 1. The van der Waals surface area contributed by atoms with Crippen molar-refractivity contribution in [2.24, 2.45) is 11.8 Å². The molecule has 1 aromatic rings. The second kappa shape index (κ2) is 8.91. The first-order valence-corrected chi connectivity index (χ1v) is 11.5. The van der Waals surface area contributed by atoms with Gasteiger partial charge in [-0.25, -0.2) is 0 Å². The van der Waals surface area contributed by atoms with E-state index in [-0.39, 0.29) is 0 Å². The van der Waals surface area contributed by atoms with Crippen LogP contribution in [0.25, 0.3) is 0 Å². The molecule has 2 N–H and O–H groups in total. The van der Waals surface area contributed by atoms with Gasteiger partial charge in [-0.15, -0.1) is 0 Å². The fourth-order valence-corrected chi connectivity index (χ4v) is 5.87. The molecule has 1 unspecified atom stereocenters. The Kier molecular flexibility index (Phi) is 6.36. The average Bonchev–Trinajstić information content (AvgIpc) is 2.69. The van der Waals surface area contributed by atoms with Crippen LogP contribution in [0.15, 0.2) is 30.3 Å². The lowest BCUT2D eigenvalue weighted by Crippen LogP contribution is -2.59. The summed E-state index contributed by atoms with van der Waals surface area (Å²) in [5.41, 5.74) is 1.05. The van der Waals surface area contributed by atoms with E-state index in [1.54, 1.807) is 0 Å². The predicted molar refractivity (Wildman–Crippen MR) is 116 cm³/mol. The fourth-order valence-electron chi connectivity index (χ4n) is 4.69. The molecule has 4 fully saturated rings. The van der Waals surface area contributed by atoms with Crippen LogP contribution in [0.2, 0.25) is 0 Å². The summed E-state index contributed by atoms with van der Waals surface area (Å²) >= 11 is 7.58. The summed E-state index contributed by atoms with van der Waals surface area (Å²) in [6.45, 7) is 7.40. The maximum atomic E-state index is 5.47. The molecule has 0 saturated carbocycles. The number of para-hydroxylation sites is 1. The molecule has 4 heterocycles. The maximum absolute atomic E-state index is 5.47. The van der Waals surface area contributed by atoms with Crippen LogP contribution in [-0.4, -0.2) is 71.7 Å². The highest BCUT2D eigenvalue weighted by atomic mass is 32.2. The lowest BCUT2D eigenvalue weighted by Gasteiger charge is -2.51. The van der Waals surface area contributed by atoms with E-state index in [1.807, 2.05) is 30.3 Å². The van der Waals surface area contributed by atoms with Crippen molar-refractivity contribution in [2.75, 3.05) is 56.1 Å². The molecule has 0 aromatic heterocycles. The summed E-state index contributed by atoms with van der Waals surface area (Å²) in [5, 5.41) is 7.47. The van der Waals surface area contributed by atoms with E-state index < -0.39 is 0 Å². The smallest absolute Gasteiger partial charge is 0.170 e. The van der Waals surface area contributed by atoms with Crippen molar-refractivity contribution < 1.29 is 0 Å². The Morgan fingerprint density at radius 2 is 1.96 bits per heavy atom. The van der Waals surface area contributed by atoms with Crippen LogP contribution in [0.3, 0.4) is 0 Å². The molecule has 0 radical (unpaired) electrons. The molecule has 142 valence electrons. The number of thioether (sulfide) groups is 1. The first-order chi connectivity index (χ1) is 12.8. The van der Waals surface area contributed by atoms with Gasteiger partial charge in [-0.2, -0.15) is 11.8 Å². The summed E-state index contributed by atoms with van der Waals surface area (Å²) in [4.78, 5) is 5.41. The molecule has 5 rings (SSSR count). The highest BCUT2D eigenvalue weighted by Gasteiger charge is 2.40. The Morgan fingerprint density at radius 3 is 2.69 bits per heavy atom. The van der Waals surface area contributed by atoms with Gasteiger partial charge >= 0.3 is 0 Å².